The third kappa shape index (κ3) is 3.43. The van der Waals surface area contributed by atoms with Gasteiger partial charge in [-0.15, -0.1) is 0 Å². The average Bonchev–Trinajstić information content (AvgIpc) is 2.55. The Morgan fingerprint density at radius 3 is 2.04 bits per heavy atom. The van der Waals surface area contributed by atoms with Gasteiger partial charge in [-0.05, 0) is 36.4 Å². The largest absolute Gasteiger partial charge is 0.368 e. The number of carbonyl (C=O) groups is 1. The molecular weight excluding hydrogens is 338 g/mol. The summed E-state index contributed by atoms with van der Waals surface area (Å²) < 4.78 is 13.0. The van der Waals surface area contributed by atoms with Gasteiger partial charge in [-0.1, -0.05) is 29.3 Å². The summed E-state index contributed by atoms with van der Waals surface area (Å²) in [7, 11) is 0. The van der Waals surface area contributed by atoms with Crippen LogP contribution in [0.5, 0.6) is 0 Å². The molecule has 0 unspecified atom stereocenters. The molecule has 0 spiro atoms. The Hall–Kier alpha value is -1.78. The van der Waals surface area contributed by atoms with Gasteiger partial charge in [-0.2, -0.15) is 0 Å². The number of rotatable bonds is 2. The Labute approximate surface area is 144 Å². The van der Waals surface area contributed by atoms with Gasteiger partial charge >= 0.3 is 0 Å². The van der Waals surface area contributed by atoms with Crippen molar-refractivity contribution in [3.8, 4) is 0 Å². The molecule has 0 radical (unpaired) electrons. The van der Waals surface area contributed by atoms with Gasteiger partial charge < -0.3 is 9.80 Å². The van der Waals surface area contributed by atoms with E-state index in [0.29, 0.717) is 41.8 Å². The van der Waals surface area contributed by atoms with Crippen molar-refractivity contribution in [3.63, 3.8) is 0 Å². The monoisotopic (exact) mass is 352 g/mol. The fourth-order valence-corrected chi connectivity index (χ4v) is 3.24. The first-order valence-corrected chi connectivity index (χ1v) is 8.05. The van der Waals surface area contributed by atoms with Gasteiger partial charge in [0.05, 0.1) is 15.6 Å². The van der Waals surface area contributed by atoms with Gasteiger partial charge in [0.25, 0.3) is 5.91 Å². The molecule has 1 amide bonds. The molecule has 2 aromatic carbocycles. The molecule has 2 aromatic rings. The number of halogens is 3. The molecule has 120 valence electrons. The van der Waals surface area contributed by atoms with Crippen molar-refractivity contribution in [1.82, 2.24) is 4.90 Å². The van der Waals surface area contributed by atoms with Crippen molar-refractivity contribution in [2.45, 2.75) is 0 Å². The Bertz CT molecular complexity index is 693. The minimum absolute atomic E-state index is 0.153. The van der Waals surface area contributed by atoms with Crippen molar-refractivity contribution in [2.75, 3.05) is 31.1 Å². The Kier molecular flexibility index (Phi) is 4.74. The van der Waals surface area contributed by atoms with Gasteiger partial charge in [0.2, 0.25) is 0 Å². The maximum Gasteiger partial charge on any atom is 0.257 e. The summed E-state index contributed by atoms with van der Waals surface area (Å²) in [4.78, 5) is 16.5. The van der Waals surface area contributed by atoms with Crippen LogP contribution in [-0.2, 0) is 0 Å². The molecule has 6 heteroatoms. The minimum Gasteiger partial charge on any atom is -0.368 e. The van der Waals surface area contributed by atoms with E-state index in [1.807, 2.05) is 0 Å². The summed E-state index contributed by atoms with van der Waals surface area (Å²) in [6.45, 7) is 2.49. The molecule has 3 nitrogen and oxygen atoms in total. The smallest absolute Gasteiger partial charge is 0.257 e. The van der Waals surface area contributed by atoms with Crippen LogP contribution in [0.25, 0.3) is 0 Å². The number of benzene rings is 2. The third-order valence-electron chi connectivity index (χ3n) is 3.94. The molecular formula is C17H15Cl2FN2O. The molecule has 3 rings (SSSR count). The number of hydrogen-bond donors (Lipinski definition) is 0. The number of hydrogen-bond acceptors (Lipinski definition) is 2. The van der Waals surface area contributed by atoms with E-state index in [9.17, 15) is 9.18 Å². The molecule has 0 aromatic heterocycles. The van der Waals surface area contributed by atoms with E-state index in [1.165, 1.54) is 12.1 Å². The maximum atomic E-state index is 13.0. The minimum atomic E-state index is -0.254. The molecule has 1 aliphatic rings. The highest BCUT2D eigenvalue weighted by Gasteiger charge is 2.25. The lowest BCUT2D eigenvalue weighted by molar-refractivity contribution is 0.0747. The summed E-state index contributed by atoms with van der Waals surface area (Å²) in [6, 6.07) is 11.4. The predicted octanol–water partition coefficient (Wildman–Crippen LogP) is 4.09. The van der Waals surface area contributed by atoms with Crippen molar-refractivity contribution in [3.05, 3.63) is 63.9 Å². The maximum absolute atomic E-state index is 13.0. The van der Waals surface area contributed by atoms with E-state index in [0.717, 1.165) is 5.69 Å². The normalized spacial score (nSPS) is 14.9. The summed E-state index contributed by atoms with van der Waals surface area (Å²) in [6.07, 6.45) is 0. The van der Waals surface area contributed by atoms with E-state index in [4.69, 9.17) is 23.2 Å². The zero-order valence-corrected chi connectivity index (χ0v) is 13.8. The van der Waals surface area contributed by atoms with Crippen LogP contribution in [-0.4, -0.2) is 37.0 Å². The highest BCUT2D eigenvalue weighted by molar-refractivity contribution is 6.39. The van der Waals surface area contributed by atoms with Crippen LogP contribution in [0.1, 0.15) is 10.4 Å². The lowest BCUT2D eigenvalue weighted by atomic mass is 10.1. The molecule has 1 saturated heterocycles. The molecule has 0 N–H and O–H groups in total. The highest BCUT2D eigenvalue weighted by atomic mass is 35.5. The SMILES string of the molecule is O=C(c1c(Cl)cccc1Cl)N1CCN(c2ccc(F)cc2)CC1. The molecule has 0 saturated carbocycles. The summed E-state index contributed by atoms with van der Waals surface area (Å²) in [5.74, 6) is -0.407. The molecule has 0 atom stereocenters. The van der Waals surface area contributed by atoms with Crippen molar-refractivity contribution in [2.24, 2.45) is 0 Å². The van der Waals surface area contributed by atoms with Gasteiger partial charge in [-0.25, -0.2) is 4.39 Å². The molecule has 1 heterocycles. The molecule has 23 heavy (non-hydrogen) atoms. The van der Waals surface area contributed by atoms with Crippen LogP contribution < -0.4 is 4.90 Å². The topological polar surface area (TPSA) is 23.6 Å². The fraction of sp³-hybridized carbons (Fsp3) is 0.235. The molecule has 1 fully saturated rings. The fourth-order valence-electron chi connectivity index (χ4n) is 2.68. The highest BCUT2D eigenvalue weighted by Crippen LogP contribution is 2.26. The lowest BCUT2D eigenvalue weighted by Crippen LogP contribution is -2.48. The van der Waals surface area contributed by atoms with E-state index in [2.05, 4.69) is 4.90 Å². The first-order valence-electron chi connectivity index (χ1n) is 7.30. The summed E-state index contributed by atoms with van der Waals surface area (Å²) in [5.41, 5.74) is 1.31. The van der Waals surface area contributed by atoms with Crippen LogP contribution in [0, 0.1) is 5.82 Å². The lowest BCUT2D eigenvalue weighted by Gasteiger charge is -2.36. The summed E-state index contributed by atoms with van der Waals surface area (Å²) in [5, 5.41) is 0.729. The first kappa shape index (κ1) is 16.1. The number of nitrogens with zero attached hydrogens (tertiary/aromatic N) is 2. The van der Waals surface area contributed by atoms with Crippen LogP contribution >= 0.6 is 23.2 Å². The van der Waals surface area contributed by atoms with E-state index < -0.39 is 0 Å². The third-order valence-corrected chi connectivity index (χ3v) is 4.57. The zero-order chi connectivity index (χ0) is 16.4. The summed E-state index contributed by atoms with van der Waals surface area (Å²) >= 11 is 12.2. The van der Waals surface area contributed by atoms with Crippen LogP contribution in [0.4, 0.5) is 10.1 Å². The number of carbonyl (C=O) groups excluding carboxylic acids is 1. The average molecular weight is 353 g/mol. The van der Waals surface area contributed by atoms with Gasteiger partial charge in [0.15, 0.2) is 0 Å². The van der Waals surface area contributed by atoms with Crippen LogP contribution in [0.3, 0.4) is 0 Å². The standard InChI is InChI=1S/C17H15Cl2FN2O/c18-14-2-1-3-15(19)16(14)17(23)22-10-8-21(9-11-22)13-6-4-12(20)5-7-13/h1-7H,8-11H2. The quantitative estimate of drug-likeness (QED) is 0.812. The second-order valence-corrected chi connectivity index (χ2v) is 6.17. The second kappa shape index (κ2) is 6.77. The van der Waals surface area contributed by atoms with Crippen LogP contribution in [0.2, 0.25) is 10.0 Å². The molecule has 0 aliphatic carbocycles. The Morgan fingerprint density at radius 2 is 1.48 bits per heavy atom. The second-order valence-electron chi connectivity index (χ2n) is 5.35. The van der Waals surface area contributed by atoms with Gasteiger partial charge in [0, 0.05) is 31.9 Å². The van der Waals surface area contributed by atoms with Gasteiger partial charge in [0.1, 0.15) is 5.82 Å². The van der Waals surface area contributed by atoms with E-state index in [1.54, 1.807) is 35.2 Å². The van der Waals surface area contributed by atoms with E-state index in [-0.39, 0.29) is 11.7 Å². The van der Waals surface area contributed by atoms with Crippen molar-refractivity contribution >= 4 is 34.8 Å². The first-order chi connectivity index (χ1) is 11.1. The number of anilines is 1. The van der Waals surface area contributed by atoms with Crippen molar-refractivity contribution in [1.29, 1.82) is 0 Å². The number of piperazine rings is 1. The van der Waals surface area contributed by atoms with Gasteiger partial charge in [-0.3, -0.25) is 4.79 Å². The van der Waals surface area contributed by atoms with Crippen molar-refractivity contribution < 1.29 is 9.18 Å². The zero-order valence-electron chi connectivity index (χ0n) is 12.3. The Morgan fingerprint density at radius 1 is 0.913 bits per heavy atom. The molecule has 0 bridgehead atoms. The number of amides is 1. The Balaban J connectivity index is 1.69. The van der Waals surface area contributed by atoms with E-state index >= 15 is 0 Å². The predicted molar refractivity (Wildman–Crippen MR) is 91.0 cm³/mol. The van der Waals surface area contributed by atoms with Crippen LogP contribution in [0.15, 0.2) is 42.5 Å². The molecule has 1 aliphatic heterocycles.